The van der Waals surface area contributed by atoms with E-state index < -0.39 is 0 Å². The molecule has 7 aromatic carbocycles. The van der Waals surface area contributed by atoms with Crippen LogP contribution >= 0.6 is 0 Å². The molecule has 2 aliphatic rings. The molecule has 1 heterocycles. The molecule has 0 radical (unpaired) electrons. The summed E-state index contributed by atoms with van der Waals surface area (Å²) in [5.41, 5.74) is 13.4. The van der Waals surface area contributed by atoms with Gasteiger partial charge in [-0.15, -0.1) is 0 Å². The molecule has 1 aromatic heterocycles. The summed E-state index contributed by atoms with van der Waals surface area (Å²) < 4.78 is 0. The van der Waals surface area contributed by atoms with Crippen molar-refractivity contribution in [2.75, 3.05) is 0 Å². The fourth-order valence-electron chi connectivity index (χ4n) is 8.97. The van der Waals surface area contributed by atoms with Crippen LogP contribution in [0.3, 0.4) is 0 Å². The van der Waals surface area contributed by atoms with Crippen LogP contribution in [0, 0.1) is 0 Å². The van der Waals surface area contributed by atoms with Gasteiger partial charge < -0.3 is 0 Å². The number of hydrogen-bond donors (Lipinski definition) is 0. The molecule has 1 fully saturated rings. The van der Waals surface area contributed by atoms with Crippen molar-refractivity contribution in [2.45, 2.75) is 37.5 Å². The molecule has 1 spiro atoms. The summed E-state index contributed by atoms with van der Waals surface area (Å²) in [4.78, 5) is 10.5. The molecule has 8 aromatic rings. The third-order valence-electron chi connectivity index (χ3n) is 11.3. The first-order valence-corrected chi connectivity index (χ1v) is 18.0. The van der Waals surface area contributed by atoms with Gasteiger partial charge in [-0.3, -0.25) is 0 Å². The van der Waals surface area contributed by atoms with Gasteiger partial charge in [0.1, 0.15) is 0 Å². The maximum absolute atomic E-state index is 5.34. The maximum atomic E-state index is 5.34. The molecule has 0 bridgehead atoms. The Kier molecular flexibility index (Phi) is 6.77. The topological polar surface area (TPSA) is 25.8 Å². The minimum absolute atomic E-state index is 0.0452. The van der Waals surface area contributed by atoms with E-state index in [1.54, 1.807) is 0 Å². The van der Waals surface area contributed by atoms with Gasteiger partial charge in [0, 0.05) is 22.1 Å². The zero-order valence-corrected chi connectivity index (χ0v) is 27.9. The van der Waals surface area contributed by atoms with E-state index in [2.05, 4.69) is 152 Å². The highest BCUT2D eigenvalue weighted by molar-refractivity contribution is 6.09. The van der Waals surface area contributed by atoms with Gasteiger partial charge in [-0.1, -0.05) is 159 Å². The van der Waals surface area contributed by atoms with Crippen molar-refractivity contribution < 1.29 is 0 Å². The Balaban J connectivity index is 1.29. The third kappa shape index (κ3) is 4.55. The van der Waals surface area contributed by atoms with Gasteiger partial charge in [0.05, 0.1) is 11.4 Å². The normalized spacial score (nSPS) is 14.6. The first-order chi connectivity index (χ1) is 24.8. The largest absolute Gasteiger partial charge is 0.228 e. The van der Waals surface area contributed by atoms with Gasteiger partial charge in [0.15, 0.2) is 5.82 Å². The quantitative estimate of drug-likeness (QED) is 0.191. The van der Waals surface area contributed by atoms with Crippen LogP contribution in [0.2, 0.25) is 0 Å². The number of benzene rings is 7. The molecule has 0 aliphatic heterocycles. The van der Waals surface area contributed by atoms with E-state index in [9.17, 15) is 0 Å². The predicted molar refractivity (Wildman–Crippen MR) is 208 cm³/mol. The number of hydrogen-bond acceptors (Lipinski definition) is 2. The molecule has 2 heteroatoms. The fourth-order valence-corrected chi connectivity index (χ4v) is 8.97. The van der Waals surface area contributed by atoms with Crippen LogP contribution in [-0.2, 0) is 5.41 Å². The summed E-state index contributed by atoms with van der Waals surface area (Å²) in [6.07, 6.45) is 6.24. The van der Waals surface area contributed by atoms with Crippen LogP contribution in [0.1, 0.15) is 43.2 Å². The number of aromatic nitrogens is 2. The highest BCUT2D eigenvalue weighted by Crippen LogP contribution is 2.59. The van der Waals surface area contributed by atoms with Crippen LogP contribution in [0.25, 0.3) is 77.7 Å². The van der Waals surface area contributed by atoms with Crippen LogP contribution in [0.5, 0.6) is 0 Å². The first-order valence-electron chi connectivity index (χ1n) is 18.0. The van der Waals surface area contributed by atoms with E-state index in [0.29, 0.717) is 0 Å². The van der Waals surface area contributed by atoms with Crippen molar-refractivity contribution in [1.29, 1.82) is 0 Å². The highest BCUT2D eigenvalue weighted by atomic mass is 14.9. The second-order valence-corrected chi connectivity index (χ2v) is 14.0. The second-order valence-electron chi connectivity index (χ2n) is 14.0. The summed E-state index contributed by atoms with van der Waals surface area (Å²) in [7, 11) is 0. The summed E-state index contributed by atoms with van der Waals surface area (Å²) >= 11 is 0. The van der Waals surface area contributed by atoms with E-state index in [1.165, 1.54) is 87.0 Å². The van der Waals surface area contributed by atoms with Crippen molar-refractivity contribution in [3.8, 4) is 56.2 Å². The zero-order chi connectivity index (χ0) is 33.1. The fraction of sp³-hybridized carbons (Fsp3) is 0.125. The van der Waals surface area contributed by atoms with Crippen molar-refractivity contribution in [3.63, 3.8) is 0 Å². The molecular formula is C48H36N2. The van der Waals surface area contributed by atoms with Crippen molar-refractivity contribution in [2.24, 2.45) is 0 Å². The Morgan fingerprint density at radius 2 is 1.06 bits per heavy atom. The van der Waals surface area contributed by atoms with Gasteiger partial charge >= 0.3 is 0 Å². The standard InChI is InChI=1S/C48H36N2/c1-4-16-33(17-5-1)43-31-44(50-47(49-43)34-18-6-2-7-19-34)38-26-25-32-15-10-11-22-37(32)45(38)39-23-14-24-41-46(39)40-29-35-20-8-9-21-36(35)30-42(40)48(41)27-12-3-13-28-48/h1-2,4-11,14-26,29-31H,3,12-13,27-28H2. The third-order valence-corrected chi connectivity index (χ3v) is 11.3. The number of fused-ring (bicyclic) bond motifs is 7. The summed E-state index contributed by atoms with van der Waals surface area (Å²) in [6, 6.07) is 57.4. The first kappa shape index (κ1) is 29.1. The van der Waals surface area contributed by atoms with Crippen LogP contribution in [-0.4, -0.2) is 9.97 Å². The average molecular weight is 641 g/mol. The lowest BCUT2D eigenvalue weighted by Gasteiger charge is -2.36. The van der Waals surface area contributed by atoms with E-state index in [4.69, 9.17) is 9.97 Å². The minimum atomic E-state index is 0.0452. The second kappa shape index (κ2) is 11.6. The number of nitrogens with zero attached hydrogens (tertiary/aromatic N) is 2. The Morgan fingerprint density at radius 3 is 1.84 bits per heavy atom. The molecule has 50 heavy (non-hydrogen) atoms. The maximum Gasteiger partial charge on any atom is 0.160 e. The van der Waals surface area contributed by atoms with E-state index >= 15 is 0 Å². The summed E-state index contributed by atoms with van der Waals surface area (Å²) in [5, 5.41) is 5.10. The molecule has 10 rings (SSSR count). The van der Waals surface area contributed by atoms with Gasteiger partial charge in [-0.25, -0.2) is 9.97 Å². The monoisotopic (exact) mass is 640 g/mol. The zero-order valence-electron chi connectivity index (χ0n) is 27.9. The molecule has 0 atom stereocenters. The molecule has 0 amide bonds. The molecule has 2 nitrogen and oxygen atoms in total. The van der Waals surface area contributed by atoms with Gasteiger partial charge in [-0.2, -0.15) is 0 Å². The van der Waals surface area contributed by atoms with Crippen molar-refractivity contribution in [1.82, 2.24) is 9.97 Å². The van der Waals surface area contributed by atoms with E-state index in [0.717, 1.165) is 33.9 Å². The lowest BCUT2D eigenvalue weighted by atomic mass is 9.67. The average Bonchev–Trinajstić information content (AvgIpc) is 3.45. The predicted octanol–water partition coefficient (Wildman–Crippen LogP) is 12.7. The molecule has 0 saturated heterocycles. The molecule has 238 valence electrons. The smallest absolute Gasteiger partial charge is 0.160 e. The molecular weight excluding hydrogens is 605 g/mol. The van der Waals surface area contributed by atoms with E-state index in [-0.39, 0.29) is 5.41 Å². The Bertz CT molecular complexity index is 2500. The lowest BCUT2D eigenvalue weighted by Crippen LogP contribution is -2.28. The Morgan fingerprint density at radius 1 is 0.400 bits per heavy atom. The van der Waals surface area contributed by atoms with Crippen LogP contribution in [0.4, 0.5) is 0 Å². The lowest BCUT2D eigenvalue weighted by molar-refractivity contribution is 0.353. The van der Waals surface area contributed by atoms with Crippen LogP contribution < -0.4 is 0 Å². The van der Waals surface area contributed by atoms with E-state index in [1.807, 2.05) is 6.07 Å². The van der Waals surface area contributed by atoms with Crippen LogP contribution in [0.15, 0.2) is 158 Å². The Labute approximate surface area is 293 Å². The molecule has 0 unspecified atom stereocenters. The Hall–Kier alpha value is -5.86. The molecule has 2 aliphatic carbocycles. The molecule has 1 saturated carbocycles. The summed E-state index contributed by atoms with van der Waals surface area (Å²) in [6.45, 7) is 0. The van der Waals surface area contributed by atoms with Gasteiger partial charge in [0.2, 0.25) is 0 Å². The van der Waals surface area contributed by atoms with Gasteiger partial charge in [0.25, 0.3) is 0 Å². The summed E-state index contributed by atoms with van der Waals surface area (Å²) in [5.74, 6) is 0.734. The van der Waals surface area contributed by atoms with Gasteiger partial charge in [-0.05, 0) is 86.0 Å². The van der Waals surface area contributed by atoms with Crippen molar-refractivity contribution in [3.05, 3.63) is 169 Å². The minimum Gasteiger partial charge on any atom is -0.228 e. The number of rotatable bonds is 4. The highest BCUT2D eigenvalue weighted by Gasteiger charge is 2.45. The SMILES string of the molecule is c1ccc(-c2cc(-c3ccc4ccccc4c3-c3cccc4c3-c3cc5ccccc5cc3C43CCCCC3)nc(-c3ccccc3)n2)cc1. The van der Waals surface area contributed by atoms with Crippen molar-refractivity contribution >= 4 is 21.5 Å². The molecule has 0 N–H and O–H groups in total.